The van der Waals surface area contributed by atoms with Gasteiger partial charge in [-0.15, -0.1) is 10.2 Å². The van der Waals surface area contributed by atoms with Crippen LogP contribution in [0.5, 0.6) is 5.75 Å². The minimum absolute atomic E-state index is 0.190. The molecule has 3 rings (SSSR count). The zero-order chi connectivity index (χ0) is 14.8. The molecule has 1 aromatic heterocycles. The predicted molar refractivity (Wildman–Crippen MR) is 76.0 cm³/mol. The second-order valence-corrected chi connectivity index (χ2v) is 4.39. The van der Waals surface area contributed by atoms with Gasteiger partial charge in [0, 0.05) is 11.3 Å². The molecule has 7 heteroatoms. The summed E-state index contributed by atoms with van der Waals surface area (Å²) >= 11 is 0. The van der Waals surface area contributed by atoms with Gasteiger partial charge in [0.25, 0.3) is 0 Å². The van der Waals surface area contributed by atoms with E-state index in [0.29, 0.717) is 22.6 Å². The third kappa shape index (κ3) is 2.40. The highest BCUT2D eigenvalue weighted by Crippen LogP contribution is 2.33. The first-order valence-electron chi connectivity index (χ1n) is 6.16. The van der Waals surface area contributed by atoms with Gasteiger partial charge < -0.3 is 10.5 Å². The number of nitrogen functional groups attached to an aromatic ring is 1. The zero-order valence-electron chi connectivity index (χ0n) is 11.2. The Balaban J connectivity index is 2.16. The SMILES string of the molecule is COc1ccc(-c2ccc(N)cc2-c2nn[nH]n2)cc1F. The molecule has 0 amide bonds. The summed E-state index contributed by atoms with van der Waals surface area (Å²) in [5.41, 5.74) is 8.47. The van der Waals surface area contributed by atoms with Gasteiger partial charge in [-0.1, -0.05) is 12.1 Å². The molecule has 0 saturated heterocycles. The van der Waals surface area contributed by atoms with E-state index in [1.807, 2.05) is 0 Å². The lowest BCUT2D eigenvalue weighted by atomic mass is 9.98. The Labute approximate surface area is 119 Å². The number of benzene rings is 2. The highest BCUT2D eigenvalue weighted by Gasteiger charge is 2.13. The lowest BCUT2D eigenvalue weighted by Crippen LogP contribution is -1.93. The van der Waals surface area contributed by atoms with Gasteiger partial charge in [-0.3, -0.25) is 0 Å². The molecule has 2 aromatic carbocycles. The van der Waals surface area contributed by atoms with E-state index in [4.69, 9.17) is 10.5 Å². The maximum Gasteiger partial charge on any atom is 0.205 e. The van der Waals surface area contributed by atoms with Crippen LogP contribution in [0.2, 0.25) is 0 Å². The number of hydrogen-bond donors (Lipinski definition) is 2. The molecular weight excluding hydrogens is 273 g/mol. The summed E-state index contributed by atoms with van der Waals surface area (Å²) in [7, 11) is 1.42. The largest absolute Gasteiger partial charge is 0.494 e. The fourth-order valence-electron chi connectivity index (χ4n) is 2.11. The van der Waals surface area contributed by atoms with Gasteiger partial charge in [0.2, 0.25) is 5.82 Å². The molecule has 0 aliphatic heterocycles. The number of H-pyrrole nitrogens is 1. The molecule has 1 heterocycles. The van der Waals surface area contributed by atoms with E-state index in [2.05, 4.69) is 20.6 Å². The Hall–Kier alpha value is -2.96. The van der Waals surface area contributed by atoms with Crippen molar-refractivity contribution in [2.45, 2.75) is 0 Å². The Kier molecular flexibility index (Phi) is 3.23. The van der Waals surface area contributed by atoms with Gasteiger partial charge >= 0.3 is 0 Å². The van der Waals surface area contributed by atoms with E-state index >= 15 is 0 Å². The van der Waals surface area contributed by atoms with Crippen molar-refractivity contribution in [2.24, 2.45) is 0 Å². The van der Waals surface area contributed by atoms with Crippen molar-refractivity contribution < 1.29 is 9.13 Å². The van der Waals surface area contributed by atoms with Crippen molar-refractivity contribution in [3.05, 3.63) is 42.2 Å². The highest BCUT2D eigenvalue weighted by atomic mass is 19.1. The number of nitrogens with zero attached hydrogens (tertiary/aromatic N) is 3. The molecule has 0 aliphatic rings. The average molecular weight is 285 g/mol. The number of rotatable bonds is 3. The number of anilines is 1. The minimum atomic E-state index is -0.439. The highest BCUT2D eigenvalue weighted by molar-refractivity contribution is 5.82. The number of nitrogens with two attached hydrogens (primary N) is 1. The van der Waals surface area contributed by atoms with Gasteiger partial charge in [0.1, 0.15) is 0 Å². The molecule has 0 bridgehead atoms. The van der Waals surface area contributed by atoms with Crippen LogP contribution >= 0.6 is 0 Å². The first-order valence-corrected chi connectivity index (χ1v) is 6.16. The lowest BCUT2D eigenvalue weighted by Gasteiger charge is -2.09. The molecule has 0 fully saturated rings. The number of tetrazole rings is 1. The van der Waals surface area contributed by atoms with Crippen molar-refractivity contribution in [1.82, 2.24) is 20.6 Å². The van der Waals surface area contributed by atoms with E-state index in [9.17, 15) is 4.39 Å². The molecule has 0 atom stereocenters. The second kappa shape index (κ2) is 5.20. The van der Waals surface area contributed by atoms with Crippen LogP contribution in [0.4, 0.5) is 10.1 Å². The van der Waals surface area contributed by atoms with E-state index in [-0.39, 0.29) is 5.75 Å². The van der Waals surface area contributed by atoms with Crippen molar-refractivity contribution in [3.8, 4) is 28.3 Å². The van der Waals surface area contributed by atoms with Crippen LogP contribution < -0.4 is 10.5 Å². The number of hydrogen-bond acceptors (Lipinski definition) is 5. The molecule has 106 valence electrons. The standard InChI is InChI=1S/C14H12FN5O/c1-21-13-5-2-8(6-12(13)15)10-4-3-9(16)7-11(10)14-17-19-20-18-14/h2-7H,16H2,1H3,(H,17,18,19,20). The smallest absolute Gasteiger partial charge is 0.205 e. The minimum Gasteiger partial charge on any atom is -0.494 e. The summed E-state index contributed by atoms with van der Waals surface area (Å²) < 4.78 is 18.8. The van der Waals surface area contributed by atoms with E-state index in [1.54, 1.807) is 30.3 Å². The van der Waals surface area contributed by atoms with Crippen LogP contribution in [0.15, 0.2) is 36.4 Å². The summed E-state index contributed by atoms with van der Waals surface area (Å²) in [4.78, 5) is 0. The van der Waals surface area contributed by atoms with Gasteiger partial charge in [-0.25, -0.2) is 4.39 Å². The van der Waals surface area contributed by atoms with Gasteiger partial charge in [0.15, 0.2) is 11.6 Å². The van der Waals surface area contributed by atoms with E-state index in [1.165, 1.54) is 13.2 Å². The third-order valence-corrected chi connectivity index (χ3v) is 3.09. The topological polar surface area (TPSA) is 89.7 Å². The maximum atomic E-state index is 13.9. The van der Waals surface area contributed by atoms with Gasteiger partial charge in [-0.2, -0.15) is 5.21 Å². The van der Waals surface area contributed by atoms with E-state index in [0.717, 1.165) is 5.56 Å². The monoisotopic (exact) mass is 285 g/mol. The number of methoxy groups -OCH3 is 1. The zero-order valence-corrected chi connectivity index (χ0v) is 11.2. The molecule has 3 aromatic rings. The van der Waals surface area contributed by atoms with E-state index < -0.39 is 5.82 Å². The van der Waals surface area contributed by atoms with Crippen LogP contribution in [0.1, 0.15) is 0 Å². The summed E-state index contributed by atoms with van der Waals surface area (Å²) in [6.45, 7) is 0. The molecule has 0 unspecified atom stereocenters. The summed E-state index contributed by atoms with van der Waals surface area (Å²) in [6.07, 6.45) is 0. The van der Waals surface area contributed by atoms with Crippen molar-refractivity contribution in [1.29, 1.82) is 0 Å². The van der Waals surface area contributed by atoms with Crippen LogP contribution in [0.25, 0.3) is 22.5 Å². The molecular formula is C14H12FN5O. The maximum absolute atomic E-state index is 13.9. The Morgan fingerprint density at radius 3 is 2.67 bits per heavy atom. The number of nitrogens with one attached hydrogen (secondary N) is 1. The summed E-state index contributed by atoms with van der Waals surface area (Å²) in [6, 6.07) is 9.98. The molecule has 0 radical (unpaired) electrons. The molecule has 3 N–H and O–H groups in total. The average Bonchev–Trinajstić information content (AvgIpc) is 3.01. The van der Waals surface area contributed by atoms with Crippen LogP contribution in [0, 0.1) is 5.82 Å². The van der Waals surface area contributed by atoms with Crippen LogP contribution in [0.3, 0.4) is 0 Å². The quantitative estimate of drug-likeness (QED) is 0.720. The fraction of sp³-hybridized carbons (Fsp3) is 0.0714. The third-order valence-electron chi connectivity index (χ3n) is 3.09. The Morgan fingerprint density at radius 1 is 1.14 bits per heavy atom. The number of ether oxygens (including phenoxy) is 1. The molecule has 0 spiro atoms. The van der Waals surface area contributed by atoms with Crippen molar-refractivity contribution >= 4 is 5.69 Å². The Bertz CT molecular complexity index is 773. The molecule has 21 heavy (non-hydrogen) atoms. The summed E-state index contributed by atoms with van der Waals surface area (Å²) in [5.74, 6) is 0.148. The number of halogens is 1. The number of aromatic nitrogens is 4. The summed E-state index contributed by atoms with van der Waals surface area (Å²) in [5, 5.41) is 13.8. The molecule has 0 aliphatic carbocycles. The Morgan fingerprint density at radius 2 is 2.00 bits per heavy atom. The first kappa shape index (κ1) is 13.0. The number of aromatic amines is 1. The predicted octanol–water partition coefficient (Wildman–Crippen LogP) is 2.26. The molecule has 0 saturated carbocycles. The molecule has 6 nitrogen and oxygen atoms in total. The first-order chi connectivity index (χ1) is 10.2. The van der Waals surface area contributed by atoms with Crippen LogP contribution in [-0.4, -0.2) is 27.7 Å². The normalized spacial score (nSPS) is 10.6. The lowest BCUT2D eigenvalue weighted by molar-refractivity contribution is 0.386. The van der Waals surface area contributed by atoms with Gasteiger partial charge in [-0.05, 0) is 40.6 Å². The fourth-order valence-corrected chi connectivity index (χ4v) is 2.11. The van der Waals surface area contributed by atoms with Crippen molar-refractivity contribution in [2.75, 3.05) is 12.8 Å². The van der Waals surface area contributed by atoms with Crippen LogP contribution in [-0.2, 0) is 0 Å². The second-order valence-electron chi connectivity index (χ2n) is 4.39. The van der Waals surface area contributed by atoms with Gasteiger partial charge in [0.05, 0.1) is 7.11 Å². The van der Waals surface area contributed by atoms with Crippen molar-refractivity contribution in [3.63, 3.8) is 0 Å².